The van der Waals surface area contributed by atoms with Crippen molar-refractivity contribution in [2.45, 2.75) is 19.5 Å². The second-order valence-corrected chi connectivity index (χ2v) is 5.14. The quantitative estimate of drug-likeness (QED) is 0.795. The molecule has 0 bridgehead atoms. The lowest BCUT2D eigenvalue weighted by Gasteiger charge is -2.27. The normalized spacial score (nSPS) is 15.0. The van der Waals surface area contributed by atoms with Crippen LogP contribution in [0.5, 0.6) is 0 Å². The third-order valence-electron chi connectivity index (χ3n) is 3.69. The molecule has 3 aromatic heterocycles. The van der Waals surface area contributed by atoms with Crippen molar-refractivity contribution in [1.82, 2.24) is 24.8 Å². The van der Waals surface area contributed by atoms with Gasteiger partial charge >= 0.3 is 0 Å². The standard InChI is InChI=1S/C15H15N5O/c1-2-13(21-7-1)15-18-8-11-3-6-20(9-12(11)19-15)10-14-16-4-5-17-14/h1-2,4-5,7-8H,3,6,9-10H2,(H,16,17). The van der Waals surface area contributed by atoms with Gasteiger partial charge in [-0.1, -0.05) is 0 Å². The Morgan fingerprint density at radius 2 is 2.33 bits per heavy atom. The van der Waals surface area contributed by atoms with E-state index in [0.717, 1.165) is 37.6 Å². The molecule has 0 unspecified atom stereocenters. The van der Waals surface area contributed by atoms with Crippen molar-refractivity contribution in [2.75, 3.05) is 6.54 Å². The smallest absolute Gasteiger partial charge is 0.195 e. The molecule has 0 aliphatic carbocycles. The van der Waals surface area contributed by atoms with E-state index in [9.17, 15) is 0 Å². The minimum absolute atomic E-state index is 0.651. The lowest BCUT2D eigenvalue weighted by molar-refractivity contribution is 0.236. The summed E-state index contributed by atoms with van der Waals surface area (Å²) in [5.41, 5.74) is 2.30. The predicted molar refractivity (Wildman–Crippen MR) is 76.1 cm³/mol. The van der Waals surface area contributed by atoms with Gasteiger partial charge in [-0.05, 0) is 24.1 Å². The molecule has 0 saturated carbocycles. The van der Waals surface area contributed by atoms with Crippen molar-refractivity contribution in [3.8, 4) is 11.6 Å². The number of nitrogens with zero attached hydrogens (tertiary/aromatic N) is 4. The number of fused-ring (bicyclic) bond motifs is 1. The third-order valence-corrected chi connectivity index (χ3v) is 3.69. The molecule has 0 saturated heterocycles. The van der Waals surface area contributed by atoms with Crippen LogP contribution < -0.4 is 0 Å². The first-order chi connectivity index (χ1) is 10.4. The fourth-order valence-corrected chi connectivity index (χ4v) is 2.61. The number of aromatic amines is 1. The van der Waals surface area contributed by atoms with Gasteiger partial charge in [-0.2, -0.15) is 0 Å². The van der Waals surface area contributed by atoms with Crippen molar-refractivity contribution in [3.63, 3.8) is 0 Å². The van der Waals surface area contributed by atoms with Gasteiger partial charge in [-0.15, -0.1) is 0 Å². The third kappa shape index (κ3) is 2.45. The number of hydrogen-bond acceptors (Lipinski definition) is 5. The van der Waals surface area contributed by atoms with Crippen molar-refractivity contribution in [1.29, 1.82) is 0 Å². The molecule has 106 valence electrons. The summed E-state index contributed by atoms with van der Waals surface area (Å²) in [5.74, 6) is 2.35. The van der Waals surface area contributed by atoms with Gasteiger partial charge in [-0.3, -0.25) is 4.90 Å². The van der Waals surface area contributed by atoms with Crippen LogP contribution in [0.25, 0.3) is 11.6 Å². The molecule has 0 atom stereocenters. The van der Waals surface area contributed by atoms with E-state index < -0.39 is 0 Å². The lowest BCUT2D eigenvalue weighted by atomic mass is 10.1. The highest BCUT2D eigenvalue weighted by Crippen LogP contribution is 2.21. The Hall–Kier alpha value is -2.47. The highest BCUT2D eigenvalue weighted by Gasteiger charge is 2.20. The Morgan fingerprint density at radius 1 is 1.33 bits per heavy atom. The molecule has 0 spiro atoms. The van der Waals surface area contributed by atoms with E-state index in [4.69, 9.17) is 4.42 Å². The summed E-state index contributed by atoms with van der Waals surface area (Å²) in [6, 6.07) is 3.73. The zero-order valence-electron chi connectivity index (χ0n) is 11.5. The van der Waals surface area contributed by atoms with Crippen molar-refractivity contribution in [3.05, 3.63) is 54.1 Å². The van der Waals surface area contributed by atoms with Crippen LogP contribution in [0.3, 0.4) is 0 Å². The molecule has 3 aromatic rings. The Kier molecular flexibility index (Phi) is 3.01. The molecule has 21 heavy (non-hydrogen) atoms. The van der Waals surface area contributed by atoms with Gasteiger partial charge in [0.05, 0.1) is 18.5 Å². The van der Waals surface area contributed by atoms with Gasteiger partial charge in [0.2, 0.25) is 0 Å². The molecule has 4 rings (SSSR count). The highest BCUT2D eigenvalue weighted by atomic mass is 16.3. The van der Waals surface area contributed by atoms with E-state index in [1.54, 1.807) is 12.5 Å². The summed E-state index contributed by atoms with van der Waals surface area (Å²) >= 11 is 0. The molecule has 0 amide bonds. The Morgan fingerprint density at radius 3 is 3.14 bits per heavy atom. The summed E-state index contributed by atoms with van der Waals surface area (Å²) in [6.45, 7) is 2.62. The zero-order valence-corrected chi connectivity index (χ0v) is 11.5. The number of furan rings is 1. The van der Waals surface area contributed by atoms with Gasteiger partial charge in [0, 0.05) is 31.7 Å². The summed E-state index contributed by atoms with van der Waals surface area (Å²) in [6.07, 6.45) is 8.16. The van der Waals surface area contributed by atoms with Gasteiger partial charge < -0.3 is 9.40 Å². The summed E-state index contributed by atoms with van der Waals surface area (Å²) in [4.78, 5) is 18.8. The fraction of sp³-hybridized carbons (Fsp3) is 0.267. The van der Waals surface area contributed by atoms with Crippen LogP contribution in [0.4, 0.5) is 0 Å². The topological polar surface area (TPSA) is 70.8 Å². The second-order valence-electron chi connectivity index (χ2n) is 5.14. The van der Waals surface area contributed by atoms with Crippen LogP contribution in [0.2, 0.25) is 0 Å². The van der Waals surface area contributed by atoms with Crippen molar-refractivity contribution in [2.24, 2.45) is 0 Å². The Bertz CT molecular complexity index is 721. The summed E-state index contributed by atoms with van der Waals surface area (Å²) < 4.78 is 5.37. The molecule has 6 heteroatoms. The number of imidazole rings is 1. The van der Waals surface area contributed by atoms with Crippen molar-refractivity contribution < 1.29 is 4.42 Å². The number of rotatable bonds is 3. The maximum absolute atomic E-state index is 5.37. The van der Waals surface area contributed by atoms with E-state index >= 15 is 0 Å². The Balaban J connectivity index is 1.57. The van der Waals surface area contributed by atoms with Crippen molar-refractivity contribution >= 4 is 0 Å². The van der Waals surface area contributed by atoms with Gasteiger partial charge in [0.15, 0.2) is 11.6 Å². The van der Waals surface area contributed by atoms with E-state index in [1.807, 2.05) is 24.5 Å². The fourth-order valence-electron chi connectivity index (χ4n) is 2.61. The van der Waals surface area contributed by atoms with Gasteiger partial charge in [0.1, 0.15) is 5.82 Å². The summed E-state index contributed by atoms with van der Waals surface area (Å²) in [5, 5.41) is 0. The predicted octanol–water partition coefficient (Wildman–Crippen LogP) is 2.02. The Labute approximate surface area is 121 Å². The molecule has 0 radical (unpaired) electrons. The molecule has 6 nitrogen and oxygen atoms in total. The first kappa shape index (κ1) is 12.3. The van der Waals surface area contributed by atoms with Crippen LogP contribution in [0, 0.1) is 0 Å². The van der Waals surface area contributed by atoms with Gasteiger partial charge in [0.25, 0.3) is 0 Å². The average Bonchev–Trinajstić information content (AvgIpc) is 3.20. The van der Waals surface area contributed by atoms with Crippen LogP contribution in [-0.4, -0.2) is 31.4 Å². The van der Waals surface area contributed by atoms with Crippen LogP contribution in [0.15, 0.2) is 41.4 Å². The maximum Gasteiger partial charge on any atom is 0.195 e. The molecular weight excluding hydrogens is 266 g/mol. The lowest BCUT2D eigenvalue weighted by Crippen LogP contribution is -2.31. The van der Waals surface area contributed by atoms with E-state index in [1.165, 1.54) is 5.56 Å². The number of aromatic nitrogens is 4. The molecule has 1 N–H and O–H groups in total. The SMILES string of the molecule is c1coc(-c2ncc3c(n2)CN(Cc2ncc[nH]2)CC3)c1. The largest absolute Gasteiger partial charge is 0.461 e. The molecule has 0 aromatic carbocycles. The molecule has 4 heterocycles. The minimum atomic E-state index is 0.651. The minimum Gasteiger partial charge on any atom is -0.461 e. The maximum atomic E-state index is 5.37. The summed E-state index contributed by atoms with van der Waals surface area (Å²) in [7, 11) is 0. The molecule has 1 aliphatic heterocycles. The first-order valence-corrected chi connectivity index (χ1v) is 6.98. The second kappa shape index (κ2) is 5.14. The monoisotopic (exact) mass is 281 g/mol. The average molecular weight is 281 g/mol. The molecule has 1 aliphatic rings. The van der Waals surface area contributed by atoms with E-state index in [0.29, 0.717) is 11.6 Å². The number of nitrogens with one attached hydrogen (secondary N) is 1. The van der Waals surface area contributed by atoms with Crippen LogP contribution in [-0.2, 0) is 19.5 Å². The highest BCUT2D eigenvalue weighted by molar-refractivity contribution is 5.46. The zero-order chi connectivity index (χ0) is 14.1. The molecular formula is C15H15N5O. The van der Waals surface area contributed by atoms with Crippen LogP contribution in [0.1, 0.15) is 17.1 Å². The van der Waals surface area contributed by atoms with Crippen LogP contribution >= 0.6 is 0 Å². The first-order valence-electron chi connectivity index (χ1n) is 6.98. The number of hydrogen-bond donors (Lipinski definition) is 1. The number of H-pyrrole nitrogens is 1. The molecule has 0 fully saturated rings. The van der Waals surface area contributed by atoms with Gasteiger partial charge in [-0.25, -0.2) is 15.0 Å². The van der Waals surface area contributed by atoms with E-state index in [-0.39, 0.29) is 0 Å². The van der Waals surface area contributed by atoms with E-state index in [2.05, 4.69) is 24.8 Å².